The fourth-order valence-corrected chi connectivity index (χ4v) is 4.44. The van der Waals surface area contributed by atoms with Crippen LogP contribution in [0.1, 0.15) is 5.56 Å². The van der Waals surface area contributed by atoms with E-state index in [9.17, 15) is 13.2 Å². The molecular weight excluding hydrogens is 424 g/mol. The summed E-state index contributed by atoms with van der Waals surface area (Å²) in [5.74, 6) is 0.102. The third-order valence-electron chi connectivity index (χ3n) is 4.10. The molecule has 0 atom stereocenters. The Hall–Kier alpha value is -3.11. The van der Waals surface area contributed by atoms with E-state index in [-0.39, 0.29) is 32.4 Å². The number of nitrogen functional groups attached to an aromatic ring is 1. The first kappa shape index (κ1) is 21.6. The molecule has 1 amide bonds. The Bertz CT molecular complexity index is 1170. The number of carbonyl (C=O) groups is 1. The molecule has 10 heteroatoms. The van der Waals surface area contributed by atoms with Crippen LogP contribution in [-0.4, -0.2) is 37.2 Å². The topological polar surface area (TPSA) is 124 Å². The van der Waals surface area contributed by atoms with Gasteiger partial charge in [0.2, 0.25) is 15.7 Å². The average molecular weight is 445 g/mol. The van der Waals surface area contributed by atoms with Gasteiger partial charge in [-0.3, -0.25) is 4.79 Å². The maximum absolute atomic E-state index is 12.8. The standard InChI is InChI=1S/C20H20N4O4S2/c1-13-7-9-14(10-8-13)30(26,27)17-11-22-20(24-19(17)21)29-12-18(25)23-15-5-3-4-6-16(15)28-2/h3-11H,12H2,1-2H3,(H,23,25)(H2,21,22,24). The Morgan fingerprint density at radius 2 is 1.87 bits per heavy atom. The molecule has 3 N–H and O–H groups in total. The van der Waals surface area contributed by atoms with Crippen molar-refractivity contribution in [1.29, 1.82) is 0 Å². The number of methoxy groups -OCH3 is 1. The third-order valence-corrected chi connectivity index (χ3v) is 6.74. The number of aryl methyl sites for hydroxylation is 1. The average Bonchev–Trinajstić information content (AvgIpc) is 2.73. The van der Waals surface area contributed by atoms with Crippen molar-refractivity contribution in [3.63, 3.8) is 0 Å². The Kier molecular flexibility index (Phi) is 6.58. The molecule has 0 saturated heterocycles. The minimum atomic E-state index is -3.84. The zero-order chi connectivity index (χ0) is 21.7. The summed E-state index contributed by atoms with van der Waals surface area (Å²) in [6, 6.07) is 13.5. The second-order valence-corrected chi connectivity index (χ2v) is 9.12. The van der Waals surface area contributed by atoms with E-state index < -0.39 is 9.84 Å². The number of aromatic nitrogens is 2. The number of hydrogen-bond donors (Lipinski definition) is 2. The van der Waals surface area contributed by atoms with Crippen molar-refractivity contribution in [1.82, 2.24) is 9.97 Å². The van der Waals surface area contributed by atoms with Gasteiger partial charge in [-0.25, -0.2) is 18.4 Å². The van der Waals surface area contributed by atoms with Crippen LogP contribution in [0.15, 0.2) is 69.7 Å². The normalized spacial score (nSPS) is 11.1. The number of rotatable bonds is 7. The fraction of sp³-hybridized carbons (Fsp3) is 0.150. The van der Waals surface area contributed by atoms with Crippen LogP contribution in [-0.2, 0) is 14.6 Å². The van der Waals surface area contributed by atoms with Crippen LogP contribution < -0.4 is 15.8 Å². The molecule has 30 heavy (non-hydrogen) atoms. The summed E-state index contributed by atoms with van der Waals surface area (Å²) in [4.78, 5) is 20.2. The molecule has 1 aromatic heterocycles. The van der Waals surface area contributed by atoms with Crippen molar-refractivity contribution in [2.45, 2.75) is 21.9 Å². The van der Waals surface area contributed by atoms with E-state index in [1.165, 1.54) is 19.2 Å². The molecular formula is C20H20N4O4S2. The number of ether oxygens (including phenoxy) is 1. The predicted molar refractivity (Wildman–Crippen MR) is 115 cm³/mol. The smallest absolute Gasteiger partial charge is 0.234 e. The van der Waals surface area contributed by atoms with E-state index in [0.29, 0.717) is 11.4 Å². The van der Waals surface area contributed by atoms with Gasteiger partial charge >= 0.3 is 0 Å². The van der Waals surface area contributed by atoms with E-state index in [1.54, 1.807) is 36.4 Å². The Morgan fingerprint density at radius 3 is 2.53 bits per heavy atom. The number of benzene rings is 2. The molecule has 8 nitrogen and oxygen atoms in total. The number of anilines is 2. The molecule has 3 rings (SSSR count). The van der Waals surface area contributed by atoms with Crippen molar-refractivity contribution >= 4 is 39.0 Å². The lowest BCUT2D eigenvalue weighted by Crippen LogP contribution is -2.15. The summed E-state index contributed by atoms with van der Waals surface area (Å²) in [6.07, 6.45) is 1.16. The van der Waals surface area contributed by atoms with E-state index in [0.717, 1.165) is 23.5 Å². The van der Waals surface area contributed by atoms with E-state index in [4.69, 9.17) is 10.5 Å². The number of nitrogens with two attached hydrogens (primary N) is 1. The number of sulfone groups is 1. The van der Waals surface area contributed by atoms with Gasteiger partial charge in [0, 0.05) is 0 Å². The first-order valence-electron chi connectivity index (χ1n) is 8.81. The predicted octanol–water partition coefficient (Wildman–Crippen LogP) is 2.94. The van der Waals surface area contributed by atoms with Crippen LogP contribution in [0.25, 0.3) is 0 Å². The van der Waals surface area contributed by atoms with Crippen LogP contribution in [0.5, 0.6) is 5.75 Å². The van der Waals surface area contributed by atoms with E-state index in [1.807, 2.05) is 6.92 Å². The lowest BCUT2D eigenvalue weighted by molar-refractivity contribution is -0.113. The van der Waals surface area contributed by atoms with E-state index in [2.05, 4.69) is 15.3 Å². The maximum atomic E-state index is 12.8. The quantitative estimate of drug-likeness (QED) is 0.421. The summed E-state index contributed by atoms with van der Waals surface area (Å²) in [6.45, 7) is 1.86. The number of hydrogen-bond acceptors (Lipinski definition) is 8. The van der Waals surface area contributed by atoms with Crippen LogP contribution in [0, 0.1) is 6.92 Å². The highest BCUT2D eigenvalue weighted by atomic mass is 32.2. The highest BCUT2D eigenvalue weighted by Gasteiger charge is 2.22. The zero-order valence-electron chi connectivity index (χ0n) is 16.3. The number of para-hydroxylation sites is 2. The van der Waals surface area contributed by atoms with Crippen molar-refractivity contribution in [2.75, 3.05) is 23.9 Å². The molecule has 0 spiro atoms. The molecule has 0 aliphatic carbocycles. The summed E-state index contributed by atoms with van der Waals surface area (Å²) in [7, 11) is -2.32. The summed E-state index contributed by atoms with van der Waals surface area (Å²) >= 11 is 1.04. The molecule has 0 aliphatic heterocycles. The van der Waals surface area contributed by atoms with Gasteiger partial charge in [0.1, 0.15) is 16.5 Å². The maximum Gasteiger partial charge on any atom is 0.234 e. The van der Waals surface area contributed by atoms with Gasteiger partial charge in [0.25, 0.3) is 0 Å². The van der Waals surface area contributed by atoms with Crippen LogP contribution >= 0.6 is 11.8 Å². The van der Waals surface area contributed by atoms with Gasteiger partial charge in [0.05, 0.1) is 29.6 Å². The van der Waals surface area contributed by atoms with Gasteiger partial charge < -0.3 is 15.8 Å². The zero-order valence-corrected chi connectivity index (χ0v) is 18.0. The van der Waals surface area contributed by atoms with Crippen LogP contribution in [0.2, 0.25) is 0 Å². The molecule has 0 saturated carbocycles. The van der Waals surface area contributed by atoms with Crippen molar-refractivity contribution in [2.24, 2.45) is 0 Å². The van der Waals surface area contributed by atoms with Crippen LogP contribution in [0.3, 0.4) is 0 Å². The number of nitrogens with one attached hydrogen (secondary N) is 1. The first-order chi connectivity index (χ1) is 14.3. The minimum Gasteiger partial charge on any atom is -0.495 e. The summed E-state index contributed by atoms with van der Waals surface area (Å²) in [5, 5.41) is 2.94. The van der Waals surface area contributed by atoms with Gasteiger partial charge in [-0.05, 0) is 31.2 Å². The molecule has 1 heterocycles. The number of thioether (sulfide) groups is 1. The number of amides is 1. The van der Waals surface area contributed by atoms with Crippen molar-refractivity contribution in [3.05, 3.63) is 60.3 Å². The fourth-order valence-electron chi connectivity index (χ4n) is 2.55. The summed E-state index contributed by atoms with van der Waals surface area (Å²) in [5.41, 5.74) is 7.37. The van der Waals surface area contributed by atoms with Crippen molar-refractivity contribution in [3.8, 4) is 5.75 Å². The number of carbonyl (C=O) groups excluding carboxylic acids is 1. The van der Waals surface area contributed by atoms with Gasteiger partial charge in [-0.15, -0.1) is 0 Å². The first-order valence-corrected chi connectivity index (χ1v) is 11.3. The lowest BCUT2D eigenvalue weighted by Gasteiger charge is -2.10. The monoisotopic (exact) mass is 444 g/mol. The SMILES string of the molecule is COc1ccccc1NC(=O)CSc1ncc(S(=O)(=O)c2ccc(C)cc2)c(N)n1. The van der Waals surface area contributed by atoms with E-state index >= 15 is 0 Å². The molecule has 0 radical (unpaired) electrons. The van der Waals surface area contributed by atoms with Gasteiger partial charge in [0.15, 0.2) is 5.16 Å². The Morgan fingerprint density at radius 1 is 1.17 bits per heavy atom. The van der Waals surface area contributed by atoms with Crippen LogP contribution in [0.4, 0.5) is 11.5 Å². The largest absolute Gasteiger partial charge is 0.495 e. The lowest BCUT2D eigenvalue weighted by atomic mass is 10.2. The second kappa shape index (κ2) is 9.14. The minimum absolute atomic E-state index is 0.0154. The molecule has 156 valence electrons. The molecule has 0 fully saturated rings. The van der Waals surface area contributed by atoms with Gasteiger partial charge in [-0.2, -0.15) is 0 Å². The Balaban J connectivity index is 1.69. The van der Waals surface area contributed by atoms with Crippen molar-refractivity contribution < 1.29 is 17.9 Å². The molecule has 0 aliphatic rings. The molecule has 0 unspecified atom stereocenters. The highest BCUT2D eigenvalue weighted by Crippen LogP contribution is 2.27. The second-order valence-electron chi connectivity index (χ2n) is 6.26. The summed E-state index contributed by atoms with van der Waals surface area (Å²) < 4.78 is 30.7. The van der Waals surface area contributed by atoms with Gasteiger partial charge in [-0.1, -0.05) is 41.6 Å². The third kappa shape index (κ3) is 4.89. The highest BCUT2D eigenvalue weighted by molar-refractivity contribution is 7.99. The Labute approximate surface area is 178 Å². The number of nitrogens with zero attached hydrogens (tertiary/aromatic N) is 2. The molecule has 0 bridgehead atoms. The molecule has 2 aromatic carbocycles. The molecule has 3 aromatic rings.